The van der Waals surface area contributed by atoms with Crippen LogP contribution in [0.1, 0.15) is 33.1 Å². The molecular weight excluding hydrogens is 140 g/mol. The molecule has 0 aromatic carbocycles. The van der Waals surface area contributed by atoms with Crippen molar-refractivity contribution in [3.8, 4) is 0 Å². The summed E-state index contributed by atoms with van der Waals surface area (Å²) in [5.41, 5.74) is -0.843. The largest absolute Gasteiger partial charge is 0.390 e. The summed E-state index contributed by atoms with van der Waals surface area (Å²) in [6, 6.07) is 0. The van der Waals surface area contributed by atoms with E-state index in [1.165, 1.54) is 0 Å². The van der Waals surface area contributed by atoms with E-state index in [2.05, 4.69) is 13.8 Å². The van der Waals surface area contributed by atoms with E-state index in [1.54, 1.807) is 0 Å². The molecule has 0 aliphatic heterocycles. The number of hydrogen-bond acceptors (Lipinski definition) is 2. The van der Waals surface area contributed by atoms with Gasteiger partial charge >= 0.3 is 0 Å². The topological polar surface area (TPSA) is 40.5 Å². The standard InChI is InChI=1S/C9H16O2/c1-8(2)6-3-4-9(8,11)7(10)5-6/h6-7,10-11H,3-5H2,1-2H3/t6-,7-,9-/m0/s1. The van der Waals surface area contributed by atoms with Gasteiger partial charge in [-0.15, -0.1) is 0 Å². The molecule has 2 heteroatoms. The van der Waals surface area contributed by atoms with Gasteiger partial charge in [-0.05, 0) is 30.6 Å². The lowest BCUT2D eigenvalue weighted by molar-refractivity contribution is -0.103. The van der Waals surface area contributed by atoms with Gasteiger partial charge in [-0.3, -0.25) is 0 Å². The molecule has 0 radical (unpaired) electrons. The summed E-state index contributed by atoms with van der Waals surface area (Å²) in [6.07, 6.45) is 2.19. The second-order valence-electron chi connectivity index (χ2n) is 4.63. The summed E-state index contributed by atoms with van der Waals surface area (Å²) < 4.78 is 0. The van der Waals surface area contributed by atoms with Gasteiger partial charge in [0.05, 0.1) is 11.7 Å². The highest BCUT2D eigenvalue weighted by molar-refractivity contribution is 5.13. The SMILES string of the molecule is CC1(C)[C@H]2CC[C@]1(O)[C@@H](O)C2. The van der Waals surface area contributed by atoms with Crippen molar-refractivity contribution in [3.63, 3.8) is 0 Å². The van der Waals surface area contributed by atoms with Crippen LogP contribution in [0.25, 0.3) is 0 Å². The highest BCUT2D eigenvalue weighted by atomic mass is 16.3. The van der Waals surface area contributed by atoms with Crippen molar-refractivity contribution in [2.75, 3.05) is 0 Å². The van der Waals surface area contributed by atoms with Crippen molar-refractivity contribution in [2.45, 2.75) is 44.8 Å². The molecule has 11 heavy (non-hydrogen) atoms. The first kappa shape index (κ1) is 7.56. The normalized spacial score (nSPS) is 53.5. The predicted molar refractivity (Wildman–Crippen MR) is 42.1 cm³/mol. The second kappa shape index (κ2) is 1.80. The Morgan fingerprint density at radius 3 is 2.18 bits per heavy atom. The van der Waals surface area contributed by atoms with E-state index < -0.39 is 11.7 Å². The van der Waals surface area contributed by atoms with E-state index in [-0.39, 0.29) is 5.41 Å². The zero-order valence-electron chi connectivity index (χ0n) is 7.17. The first-order chi connectivity index (χ1) is 4.98. The molecule has 2 aliphatic rings. The Bertz CT molecular complexity index is 188. The van der Waals surface area contributed by atoms with Crippen molar-refractivity contribution in [1.29, 1.82) is 0 Å². The van der Waals surface area contributed by atoms with Crippen molar-refractivity contribution >= 4 is 0 Å². The van der Waals surface area contributed by atoms with Gasteiger partial charge in [-0.1, -0.05) is 13.8 Å². The van der Waals surface area contributed by atoms with Crippen molar-refractivity contribution in [2.24, 2.45) is 11.3 Å². The van der Waals surface area contributed by atoms with E-state index in [9.17, 15) is 10.2 Å². The van der Waals surface area contributed by atoms with Crippen LogP contribution in [-0.2, 0) is 0 Å². The molecule has 0 saturated heterocycles. The van der Waals surface area contributed by atoms with E-state index in [1.807, 2.05) is 0 Å². The van der Waals surface area contributed by atoms with Crippen LogP contribution in [0.3, 0.4) is 0 Å². The van der Waals surface area contributed by atoms with Gasteiger partial charge in [0, 0.05) is 0 Å². The number of aliphatic hydroxyl groups is 2. The molecule has 2 fully saturated rings. The molecule has 0 aromatic heterocycles. The molecule has 2 bridgehead atoms. The molecule has 2 aliphatic carbocycles. The zero-order valence-corrected chi connectivity index (χ0v) is 7.17. The maximum atomic E-state index is 10.1. The highest BCUT2D eigenvalue weighted by Crippen LogP contribution is 2.59. The molecule has 2 N–H and O–H groups in total. The third kappa shape index (κ3) is 0.651. The Labute approximate surface area is 67.2 Å². The molecule has 2 rings (SSSR count). The van der Waals surface area contributed by atoms with E-state index in [4.69, 9.17) is 0 Å². The minimum Gasteiger partial charge on any atom is -0.390 e. The smallest absolute Gasteiger partial charge is 0.0958 e. The second-order valence-corrected chi connectivity index (χ2v) is 4.63. The molecule has 2 saturated carbocycles. The van der Waals surface area contributed by atoms with E-state index in [0.29, 0.717) is 5.92 Å². The van der Waals surface area contributed by atoms with Crippen LogP contribution in [0.2, 0.25) is 0 Å². The van der Waals surface area contributed by atoms with Crippen LogP contribution >= 0.6 is 0 Å². The summed E-state index contributed by atoms with van der Waals surface area (Å²) >= 11 is 0. The van der Waals surface area contributed by atoms with E-state index in [0.717, 1.165) is 19.3 Å². The van der Waals surface area contributed by atoms with Crippen LogP contribution in [0.4, 0.5) is 0 Å². The van der Waals surface area contributed by atoms with E-state index >= 15 is 0 Å². The fourth-order valence-corrected chi connectivity index (χ4v) is 2.90. The van der Waals surface area contributed by atoms with Crippen LogP contribution < -0.4 is 0 Å². The Hall–Kier alpha value is -0.0800. The van der Waals surface area contributed by atoms with Gasteiger partial charge in [0.2, 0.25) is 0 Å². The number of rotatable bonds is 0. The lowest BCUT2D eigenvalue weighted by Crippen LogP contribution is -2.45. The maximum absolute atomic E-state index is 10.1. The molecule has 3 atom stereocenters. The summed E-state index contributed by atoms with van der Waals surface area (Å²) in [6.45, 7) is 4.14. The average Bonchev–Trinajstić information content (AvgIpc) is 2.20. The average molecular weight is 156 g/mol. The Balaban J connectivity index is 2.40. The van der Waals surface area contributed by atoms with Crippen molar-refractivity contribution in [3.05, 3.63) is 0 Å². The highest BCUT2D eigenvalue weighted by Gasteiger charge is 2.63. The number of fused-ring (bicyclic) bond motifs is 2. The summed E-state index contributed by atoms with van der Waals surface area (Å²) in [7, 11) is 0. The van der Waals surface area contributed by atoms with Crippen LogP contribution in [0.15, 0.2) is 0 Å². The Kier molecular flexibility index (Phi) is 1.24. The summed E-state index contributed by atoms with van der Waals surface area (Å²) in [4.78, 5) is 0. The number of aliphatic hydroxyl groups excluding tert-OH is 1. The van der Waals surface area contributed by atoms with Gasteiger partial charge in [-0.25, -0.2) is 0 Å². The molecule has 0 aromatic rings. The Morgan fingerprint density at radius 1 is 1.36 bits per heavy atom. The van der Waals surface area contributed by atoms with Crippen LogP contribution in [0, 0.1) is 11.3 Å². The van der Waals surface area contributed by atoms with Crippen molar-refractivity contribution < 1.29 is 10.2 Å². The summed E-state index contributed by atoms with van der Waals surface area (Å²) in [5.74, 6) is 0.530. The molecule has 0 heterocycles. The van der Waals surface area contributed by atoms with Crippen LogP contribution in [0.5, 0.6) is 0 Å². The van der Waals surface area contributed by atoms with Crippen molar-refractivity contribution in [1.82, 2.24) is 0 Å². The third-order valence-electron chi connectivity index (χ3n) is 4.07. The molecular formula is C9H16O2. The molecule has 0 unspecified atom stereocenters. The maximum Gasteiger partial charge on any atom is 0.0958 e. The zero-order chi connectivity index (χ0) is 8.28. The first-order valence-corrected chi connectivity index (χ1v) is 4.39. The monoisotopic (exact) mass is 156 g/mol. The Morgan fingerprint density at radius 2 is 2.00 bits per heavy atom. The van der Waals surface area contributed by atoms with Crippen LogP contribution in [-0.4, -0.2) is 21.9 Å². The molecule has 0 amide bonds. The van der Waals surface area contributed by atoms with Gasteiger partial charge in [0.1, 0.15) is 0 Å². The fraction of sp³-hybridized carbons (Fsp3) is 1.00. The third-order valence-corrected chi connectivity index (χ3v) is 4.07. The van der Waals surface area contributed by atoms with Gasteiger partial charge < -0.3 is 10.2 Å². The van der Waals surface area contributed by atoms with Gasteiger partial charge in [-0.2, -0.15) is 0 Å². The molecule has 2 nitrogen and oxygen atoms in total. The fourth-order valence-electron chi connectivity index (χ4n) is 2.90. The molecule has 0 spiro atoms. The summed E-state index contributed by atoms with van der Waals surface area (Å²) in [5, 5.41) is 19.7. The number of hydrogen-bond donors (Lipinski definition) is 2. The van der Waals surface area contributed by atoms with Gasteiger partial charge in [0.15, 0.2) is 0 Å². The lowest BCUT2D eigenvalue weighted by atomic mass is 9.78. The molecule has 64 valence electrons. The minimum atomic E-state index is -0.780. The predicted octanol–water partition coefficient (Wildman–Crippen LogP) is 0.918. The lowest BCUT2D eigenvalue weighted by Gasteiger charge is -2.34. The quantitative estimate of drug-likeness (QED) is 0.547. The first-order valence-electron chi connectivity index (χ1n) is 4.39. The minimum absolute atomic E-state index is 0.0631. The van der Waals surface area contributed by atoms with Gasteiger partial charge in [0.25, 0.3) is 0 Å².